The van der Waals surface area contributed by atoms with E-state index in [4.69, 9.17) is 4.74 Å². The molecular weight excluding hydrogens is 234 g/mol. The van der Waals surface area contributed by atoms with Crippen molar-refractivity contribution >= 4 is 0 Å². The molecule has 0 radical (unpaired) electrons. The molecule has 2 nitrogen and oxygen atoms in total. The number of benzene rings is 1. The first-order chi connectivity index (χ1) is 8.92. The van der Waals surface area contributed by atoms with E-state index in [0.717, 1.165) is 19.6 Å². The Morgan fingerprint density at radius 3 is 2.32 bits per heavy atom. The first kappa shape index (κ1) is 16.2. The molecule has 2 unspecified atom stereocenters. The lowest BCUT2D eigenvalue weighted by atomic mass is 9.87. The average Bonchev–Trinajstić information content (AvgIpc) is 2.35. The van der Waals surface area contributed by atoms with Gasteiger partial charge in [-0.25, -0.2) is 0 Å². The Balaban J connectivity index is 2.63. The molecule has 2 atom stereocenters. The molecule has 0 spiro atoms. The SMILES string of the molecule is COCC(C)C(CNC(C)(C)C)Cc1ccccc1. The Hall–Kier alpha value is -0.860. The maximum absolute atomic E-state index is 5.33. The number of ether oxygens (including phenoxy) is 1. The van der Waals surface area contributed by atoms with E-state index in [1.54, 1.807) is 7.11 Å². The average molecular weight is 263 g/mol. The first-order valence-corrected chi connectivity index (χ1v) is 7.20. The third-order valence-electron chi connectivity index (χ3n) is 3.47. The molecule has 0 aliphatic heterocycles. The third-order valence-corrected chi connectivity index (χ3v) is 3.47. The summed E-state index contributed by atoms with van der Waals surface area (Å²) in [5, 5.41) is 3.63. The fraction of sp³-hybridized carbons (Fsp3) is 0.647. The van der Waals surface area contributed by atoms with Gasteiger partial charge in [0.15, 0.2) is 0 Å². The molecule has 0 saturated heterocycles. The minimum absolute atomic E-state index is 0.168. The minimum Gasteiger partial charge on any atom is -0.384 e. The maximum atomic E-state index is 5.33. The number of methoxy groups -OCH3 is 1. The zero-order chi connectivity index (χ0) is 14.3. The van der Waals surface area contributed by atoms with Crippen LogP contribution in [0.1, 0.15) is 33.3 Å². The Labute approximate surface area is 118 Å². The Morgan fingerprint density at radius 2 is 1.79 bits per heavy atom. The van der Waals surface area contributed by atoms with Crippen LogP contribution < -0.4 is 5.32 Å². The van der Waals surface area contributed by atoms with Crippen molar-refractivity contribution in [2.75, 3.05) is 20.3 Å². The van der Waals surface area contributed by atoms with Crippen molar-refractivity contribution < 1.29 is 4.74 Å². The fourth-order valence-corrected chi connectivity index (χ4v) is 2.23. The van der Waals surface area contributed by atoms with Gasteiger partial charge in [-0.2, -0.15) is 0 Å². The van der Waals surface area contributed by atoms with Crippen LogP contribution in [-0.2, 0) is 11.2 Å². The predicted molar refractivity (Wildman–Crippen MR) is 82.4 cm³/mol. The van der Waals surface area contributed by atoms with Crippen molar-refractivity contribution in [3.05, 3.63) is 35.9 Å². The molecule has 1 N–H and O–H groups in total. The van der Waals surface area contributed by atoms with E-state index in [1.165, 1.54) is 5.56 Å². The van der Waals surface area contributed by atoms with Crippen LogP contribution >= 0.6 is 0 Å². The summed E-state index contributed by atoms with van der Waals surface area (Å²) in [6.45, 7) is 10.8. The summed E-state index contributed by atoms with van der Waals surface area (Å²) in [7, 11) is 1.78. The van der Waals surface area contributed by atoms with Crippen LogP contribution in [0.25, 0.3) is 0 Å². The largest absolute Gasteiger partial charge is 0.384 e. The lowest BCUT2D eigenvalue weighted by Crippen LogP contribution is -2.41. The highest BCUT2D eigenvalue weighted by atomic mass is 16.5. The lowest BCUT2D eigenvalue weighted by Gasteiger charge is -2.29. The van der Waals surface area contributed by atoms with E-state index in [2.05, 4.69) is 63.3 Å². The van der Waals surface area contributed by atoms with E-state index >= 15 is 0 Å². The zero-order valence-corrected chi connectivity index (χ0v) is 13.1. The topological polar surface area (TPSA) is 21.3 Å². The smallest absolute Gasteiger partial charge is 0.0491 e. The highest BCUT2D eigenvalue weighted by Crippen LogP contribution is 2.18. The van der Waals surface area contributed by atoms with Crippen molar-refractivity contribution in [2.24, 2.45) is 11.8 Å². The van der Waals surface area contributed by atoms with Gasteiger partial charge in [-0.1, -0.05) is 37.3 Å². The van der Waals surface area contributed by atoms with Crippen molar-refractivity contribution in [2.45, 2.75) is 39.7 Å². The van der Waals surface area contributed by atoms with Gasteiger partial charge < -0.3 is 10.1 Å². The van der Waals surface area contributed by atoms with E-state index in [9.17, 15) is 0 Å². The molecule has 0 aliphatic rings. The summed E-state index contributed by atoms with van der Waals surface area (Å²) in [5.74, 6) is 1.15. The normalized spacial score (nSPS) is 15.2. The predicted octanol–water partition coefficient (Wildman–Crippen LogP) is 3.52. The van der Waals surface area contributed by atoms with Crippen molar-refractivity contribution in [3.8, 4) is 0 Å². The van der Waals surface area contributed by atoms with Crippen LogP contribution in [0.3, 0.4) is 0 Å². The van der Waals surface area contributed by atoms with E-state index in [-0.39, 0.29) is 5.54 Å². The molecule has 0 bridgehead atoms. The third kappa shape index (κ3) is 6.74. The van der Waals surface area contributed by atoms with Crippen LogP contribution in [0, 0.1) is 11.8 Å². The second-order valence-corrected chi connectivity index (χ2v) is 6.51. The summed E-state index contributed by atoms with van der Waals surface area (Å²) in [5.41, 5.74) is 1.58. The molecule has 0 heterocycles. The zero-order valence-electron chi connectivity index (χ0n) is 13.1. The Kier molecular flexibility index (Phi) is 6.53. The van der Waals surface area contributed by atoms with Crippen molar-refractivity contribution in [3.63, 3.8) is 0 Å². The summed E-state index contributed by atoms with van der Waals surface area (Å²) in [6, 6.07) is 10.7. The highest BCUT2D eigenvalue weighted by Gasteiger charge is 2.20. The molecule has 0 fully saturated rings. The Morgan fingerprint density at radius 1 is 1.16 bits per heavy atom. The number of hydrogen-bond acceptors (Lipinski definition) is 2. The van der Waals surface area contributed by atoms with Gasteiger partial charge in [-0.05, 0) is 51.1 Å². The molecular formula is C17H29NO. The van der Waals surface area contributed by atoms with Gasteiger partial charge in [-0.15, -0.1) is 0 Å². The second-order valence-electron chi connectivity index (χ2n) is 6.51. The van der Waals surface area contributed by atoms with E-state index in [1.807, 2.05) is 0 Å². The standard InChI is InChI=1S/C17H29NO/c1-14(13-19-5)16(12-18-17(2,3)4)11-15-9-7-6-8-10-15/h6-10,14,16,18H,11-13H2,1-5H3. The van der Waals surface area contributed by atoms with Gasteiger partial charge in [-0.3, -0.25) is 0 Å². The van der Waals surface area contributed by atoms with Gasteiger partial charge in [0, 0.05) is 19.3 Å². The number of rotatable bonds is 7. The monoisotopic (exact) mass is 263 g/mol. The van der Waals surface area contributed by atoms with Gasteiger partial charge in [0.1, 0.15) is 0 Å². The van der Waals surface area contributed by atoms with Gasteiger partial charge in [0.25, 0.3) is 0 Å². The Bertz CT molecular complexity index is 342. The molecule has 1 aromatic carbocycles. The maximum Gasteiger partial charge on any atom is 0.0491 e. The molecule has 0 saturated carbocycles. The quantitative estimate of drug-likeness (QED) is 0.813. The van der Waals surface area contributed by atoms with Crippen LogP contribution in [-0.4, -0.2) is 25.8 Å². The molecule has 19 heavy (non-hydrogen) atoms. The molecule has 1 rings (SSSR count). The van der Waals surface area contributed by atoms with E-state index in [0.29, 0.717) is 11.8 Å². The number of hydrogen-bond donors (Lipinski definition) is 1. The molecule has 2 heteroatoms. The van der Waals surface area contributed by atoms with Crippen LogP contribution in [0.15, 0.2) is 30.3 Å². The number of nitrogens with one attached hydrogen (secondary N) is 1. The van der Waals surface area contributed by atoms with Gasteiger partial charge >= 0.3 is 0 Å². The molecule has 0 aromatic heterocycles. The van der Waals surface area contributed by atoms with Gasteiger partial charge in [0.05, 0.1) is 0 Å². The van der Waals surface area contributed by atoms with Crippen LogP contribution in [0.2, 0.25) is 0 Å². The second kappa shape index (κ2) is 7.66. The minimum atomic E-state index is 0.168. The van der Waals surface area contributed by atoms with E-state index < -0.39 is 0 Å². The molecule has 1 aromatic rings. The van der Waals surface area contributed by atoms with Crippen molar-refractivity contribution in [1.29, 1.82) is 0 Å². The summed E-state index contributed by atoms with van der Waals surface area (Å²) >= 11 is 0. The molecule has 108 valence electrons. The summed E-state index contributed by atoms with van der Waals surface area (Å²) < 4.78 is 5.33. The lowest BCUT2D eigenvalue weighted by molar-refractivity contribution is 0.125. The van der Waals surface area contributed by atoms with Crippen LogP contribution in [0.5, 0.6) is 0 Å². The fourth-order valence-electron chi connectivity index (χ4n) is 2.23. The highest BCUT2D eigenvalue weighted by molar-refractivity contribution is 5.15. The summed E-state index contributed by atoms with van der Waals surface area (Å²) in [4.78, 5) is 0. The molecule has 0 aliphatic carbocycles. The molecule has 0 amide bonds. The van der Waals surface area contributed by atoms with Crippen molar-refractivity contribution in [1.82, 2.24) is 5.32 Å². The first-order valence-electron chi connectivity index (χ1n) is 7.20. The van der Waals surface area contributed by atoms with Crippen LogP contribution in [0.4, 0.5) is 0 Å². The van der Waals surface area contributed by atoms with Gasteiger partial charge in [0.2, 0.25) is 0 Å². The summed E-state index contributed by atoms with van der Waals surface area (Å²) in [6.07, 6.45) is 1.11.